The number of rotatable bonds is 23. The predicted molar refractivity (Wildman–Crippen MR) is 411 cm³/mol. The molecule has 6 N–H and O–H groups in total. The van der Waals surface area contributed by atoms with Gasteiger partial charge in [-0.25, -0.2) is 47.8 Å². The van der Waals surface area contributed by atoms with Crippen molar-refractivity contribution in [2.24, 2.45) is 0 Å². The molecule has 16 rings (SSSR count). The summed E-state index contributed by atoms with van der Waals surface area (Å²) in [6.45, 7) is 12.2. The molecule has 12 aromatic heterocycles. The van der Waals surface area contributed by atoms with E-state index < -0.39 is 0 Å². The molecular formula is C80H85FN24. The molecule has 0 radical (unpaired) electrons. The molecule has 0 unspecified atom stereocenters. The Hall–Kier alpha value is -12.2. The van der Waals surface area contributed by atoms with Crippen LogP contribution in [0.4, 0.5) is 21.5 Å². The molecule has 0 aliphatic carbocycles. The number of hydrogen-bond donors (Lipinski definition) is 6. The molecule has 0 amide bonds. The zero-order valence-corrected chi connectivity index (χ0v) is 60.1. The van der Waals surface area contributed by atoms with Crippen molar-refractivity contribution < 1.29 is 4.39 Å². The highest BCUT2D eigenvalue weighted by molar-refractivity contribution is 5.79. The number of para-hydroxylation sites is 1. The minimum Gasteiger partial charge on any atom is -0.378 e. The van der Waals surface area contributed by atoms with Gasteiger partial charge >= 0.3 is 0 Å². The number of H-pyrrole nitrogens is 3. The van der Waals surface area contributed by atoms with E-state index in [1.54, 1.807) is 32.3 Å². The van der Waals surface area contributed by atoms with Gasteiger partial charge in [0.1, 0.15) is 36.5 Å². The number of benzene rings is 3. The van der Waals surface area contributed by atoms with Crippen molar-refractivity contribution in [3.63, 3.8) is 0 Å². The highest BCUT2D eigenvalue weighted by atomic mass is 19.1. The van der Waals surface area contributed by atoms with Crippen LogP contribution in [-0.4, -0.2) is 158 Å². The van der Waals surface area contributed by atoms with Crippen LogP contribution in [0.5, 0.6) is 0 Å². The SMILES string of the molecule is Cc1cccc(-c2[nH]c(CNc3cccc(CCN(C)C)c3)nc2-c2ccc3ncnn3c2)n1.Cc1cccc(-c2[nH]c(CNc3cccc(CN4CCCCC4)c3F)nc2-c2ccc3ncnn3c2)n1.Cc1cccc(-c2[nH]c(CNc3ccccc3CCN(C)C)nc2-c2ccc3ncnn3c2)n1. The number of nitrogens with one attached hydrogen (secondary N) is 6. The van der Waals surface area contributed by atoms with Gasteiger partial charge in [0.05, 0.1) is 76.6 Å². The van der Waals surface area contributed by atoms with E-state index in [9.17, 15) is 0 Å². The molecule has 0 bridgehead atoms. The Kier molecular flexibility index (Phi) is 21.6. The average Bonchev–Trinajstić information content (AvgIpc) is 1.67. The molecule has 0 atom stereocenters. The van der Waals surface area contributed by atoms with Crippen LogP contribution < -0.4 is 16.0 Å². The van der Waals surface area contributed by atoms with Gasteiger partial charge in [-0.3, -0.25) is 19.9 Å². The molecular weight excluding hydrogens is 1320 g/mol. The minimum atomic E-state index is -0.197. The number of fused-ring (bicyclic) bond motifs is 3. The van der Waals surface area contributed by atoms with E-state index in [-0.39, 0.29) is 5.82 Å². The number of imidazole rings is 3. The highest BCUT2D eigenvalue weighted by Gasteiger charge is 2.22. The highest BCUT2D eigenvalue weighted by Crippen LogP contribution is 2.34. The summed E-state index contributed by atoms with van der Waals surface area (Å²) < 4.78 is 20.6. The van der Waals surface area contributed by atoms with Crippen molar-refractivity contribution in [1.82, 2.24) is 103 Å². The number of piperidine rings is 1. The summed E-state index contributed by atoms with van der Waals surface area (Å²) in [6, 6.07) is 52.3. The lowest BCUT2D eigenvalue weighted by molar-refractivity contribution is 0.218. The summed E-state index contributed by atoms with van der Waals surface area (Å²) in [4.78, 5) is 58.9. The van der Waals surface area contributed by atoms with Crippen LogP contribution >= 0.6 is 0 Å². The van der Waals surface area contributed by atoms with Crippen molar-refractivity contribution in [2.45, 2.75) is 79.1 Å². The Labute approximate surface area is 608 Å². The van der Waals surface area contributed by atoms with Crippen molar-refractivity contribution in [3.8, 4) is 67.9 Å². The van der Waals surface area contributed by atoms with Gasteiger partial charge in [0.15, 0.2) is 22.8 Å². The lowest BCUT2D eigenvalue weighted by atomic mass is 10.1. The molecule has 3 aromatic carbocycles. The molecule has 25 heteroatoms. The predicted octanol–water partition coefficient (Wildman–Crippen LogP) is 13.6. The van der Waals surface area contributed by atoms with Crippen LogP contribution in [-0.2, 0) is 39.0 Å². The first kappa shape index (κ1) is 69.9. The fourth-order valence-electron chi connectivity index (χ4n) is 12.8. The fraction of sp³-hybridized carbons (Fsp3) is 0.250. The van der Waals surface area contributed by atoms with Gasteiger partial charge in [0.25, 0.3) is 0 Å². The van der Waals surface area contributed by atoms with Crippen molar-refractivity contribution >= 4 is 34.0 Å². The van der Waals surface area contributed by atoms with Crippen LogP contribution in [0, 0.1) is 26.6 Å². The normalized spacial score (nSPS) is 12.4. The Morgan fingerprint density at radius 3 is 1.34 bits per heavy atom. The summed E-state index contributed by atoms with van der Waals surface area (Å²) in [5.74, 6) is 2.17. The molecule has 105 heavy (non-hydrogen) atoms. The van der Waals surface area contributed by atoms with Crippen molar-refractivity contribution in [3.05, 3.63) is 252 Å². The molecule has 0 saturated carbocycles. The number of hydrogen-bond acceptors (Lipinski definition) is 18. The third kappa shape index (κ3) is 17.3. The van der Waals surface area contributed by atoms with Crippen LogP contribution in [0.2, 0.25) is 0 Å². The van der Waals surface area contributed by atoms with E-state index in [0.717, 1.165) is 170 Å². The first-order chi connectivity index (χ1) is 51.2. The van der Waals surface area contributed by atoms with Crippen molar-refractivity contribution in [2.75, 3.05) is 70.3 Å². The lowest BCUT2D eigenvalue weighted by Gasteiger charge is -2.26. The number of pyridine rings is 6. The molecule has 1 fully saturated rings. The average molecular weight is 1400 g/mol. The molecule has 13 heterocycles. The number of aryl methyl sites for hydroxylation is 3. The molecule has 1 saturated heterocycles. The summed E-state index contributed by atoms with van der Waals surface area (Å²) >= 11 is 0. The second-order valence-electron chi connectivity index (χ2n) is 26.8. The van der Waals surface area contributed by atoms with Crippen LogP contribution in [0.1, 0.15) is 70.5 Å². The topological polar surface area (TPSA) is 261 Å². The Morgan fingerprint density at radius 2 is 0.857 bits per heavy atom. The van der Waals surface area contributed by atoms with Gasteiger partial charge in [0.2, 0.25) is 0 Å². The lowest BCUT2D eigenvalue weighted by Crippen LogP contribution is -2.29. The van der Waals surface area contributed by atoms with Crippen LogP contribution in [0.25, 0.3) is 84.9 Å². The second kappa shape index (κ2) is 32.4. The maximum Gasteiger partial charge on any atom is 0.155 e. The van der Waals surface area contributed by atoms with Crippen LogP contribution in [0.3, 0.4) is 0 Å². The molecule has 0 spiro atoms. The van der Waals surface area contributed by atoms with Gasteiger partial charge in [-0.1, -0.05) is 67.1 Å². The zero-order valence-electron chi connectivity index (χ0n) is 60.1. The molecule has 532 valence electrons. The molecule has 1 aliphatic rings. The molecule has 1 aliphatic heterocycles. The van der Waals surface area contributed by atoms with Crippen LogP contribution in [0.15, 0.2) is 195 Å². The first-order valence-corrected chi connectivity index (χ1v) is 35.4. The molecule has 15 aromatic rings. The molecule has 24 nitrogen and oxygen atoms in total. The standard InChI is InChI=1S/C28H29FN8.2C26H28N8/c1-19-7-5-10-23(33-19)28-27(21-11-12-25-31-18-32-37(25)17-21)34-24(35-28)15-30-22-9-6-8-20(26(22)29)16-36-13-3-2-4-14-36;1-18-6-4-9-22(30-18)26-25(20-10-11-24-28-17-29-34(24)16-20)31-23(32-26)15-27-21-8-5-7-19(14-21)12-13-33(2)3;1-18-7-6-10-22(30-18)26-25(20-11-12-24-28-17-29-34(24)16-20)31-23(32-26)15-27-21-9-5-4-8-19(21)13-14-33(2)3/h5-12,17-18,30H,2-4,13-16H2,1H3,(H,34,35);4-11,14,16-17,27H,12-13,15H2,1-3H3,(H,31,32);4-12,16-17,27H,13-15H2,1-3H3,(H,31,32). The number of halogens is 1. The minimum absolute atomic E-state index is 0.197. The number of nitrogens with zero attached hydrogens (tertiary/aromatic N) is 18. The number of likely N-dealkylation sites (tertiary alicyclic amines) is 1. The van der Waals surface area contributed by atoms with Gasteiger partial charge in [-0.05, 0) is 196 Å². The maximum atomic E-state index is 15.4. The monoisotopic (exact) mass is 1400 g/mol. The van der Waals surface area contributed by atoms with E-state index in [2.05, 4.69) is 153 Å². The Balaban J connectivity index is 0.000000133. The largest absolute Gasteiger partial charge is 0.378 e. The Bertz CT molecular complexity index is 5420. The summed E-state index contributed by atoms with van der Waals surface area (Å²) in [6.07, 6.45) is 16.1. The Morgan fingerprint density at radius 1 is 0.429 bits per heavy atom. The summed E-state index contributed by atoms with van der Waals surface area (Å²) in [5.41, 5.74) is 21.5. The van der Waals surface area contributed by atoms with E-state index in [0.29, 0.717) is 37.7 Å². The van der Waals surface area contributed by atoms with E-state index in [1.165, 1.54) is 36.7 Å². The summed E-state index contributed by atoms with van der Waals surface area (Å²) in [7, 11) is 8.38. The number of anilines is 3. The number of aromatic amines is 3. The van der Waals surface area contributed by atoms with Crippen molar-refractivity contribution in [1.29, 1.82) is 0 Å². The zero-order chi connectivity index (χ0) is 72.2. The van der Waals surface area contributed by atoms with E-state index in [1.807, 2.05) is 142 Å². The quantitative estimate of drug-likeness (QED) is 0.0348. The number of likely N-dealkylation sites (N-methyl/N-ethyl adjacent to an activating group) is 2. The van der Waals surface area contributed by atoms with E-state index in [4.69, 9.17) is 29.9 Å². The third-order valence-electron chi connectivity index (χ3n) is 18.2. The third-order valence-corrected chi connectivity index (χ3v) is 18.2. The van der Waals surface area contributed by atoms with E-state index >= 15 is 4.39 Å². The second-order valence-corrected chi connectivity index (χ2v) is 26.8. The van der Waals surface area contributed by atoms with Gasteiger partial charge in [0, 0.05) is 88.9 Å². The maximum absolute atomic E-state index is 15.4. The summed E-state index contributed by atoms with van der Waals surface area (Å²) in [5, 5.41) is 23.2. The smallest absolute Gasteiger partial charge is 0.155 e. The van der Waals surface area contributed by atoms with Gasteiger partial charge < -0.3 is 40.7 Å². The first-order valence-electron chi connectivity index (χ1n) is 35.4. The van der Waals surface area contributed by atoms with Gasteiger partial charge in [-0.2, -0.15) is 15.3 Å². The van der Waals surface area contributed by atoms with Gasteiger partial charge in [-0.15, -0.1) is 0 Å². The number of aromatic nitrogens is 18. The fourth-order valence-corrected chi connectivity index (χ4v) is 12.8.